The highest BCUT2D eigenvalue weighted by Crippen LogP contribution is 1.92. The molecule has 0 N–H and O–H groups in total. The van der Waals surface area contributed by atoms with Gasteiger partial charge in [0.2, 0.25) is 0 Å². The summed E-state index contributed by atoms with van der Waals surface area (Å²) in [5.74, 6) is 6.45. The Bertz CT molecular complexity index is 264. The third-order valence-corrected chi connectivity index (χ3v) is 1.15. The number of pyridine rings is 1. The maximum Gasteiger partial charge on any atom is 0.113 e. The molecule has 0 atom stereocenters. The lowest BCUT2D eigenvalue weighted by molar-refractivity contribution is 0.866. The summed E-state index contributed by atoms with van der Waals surface area (Å²) in [7, 11) is 0. The van der Waals surface area contributed by atoms with E-state index in [1.807, 2.05) is 18.2 Å². The van der Waals surface area contributed by atoms with Crippen molar-refractivity contribution in [1.29, 1.82) is 0 Å². The molecule has 0 saturated heterocycles. The lowest BCUT2D eigenvalue weighted by atomic mass is 10.2. The van der Waals surface area contributed by atoms with Crippen molar-refractivity contribution in [1.82, 2.24) is 4.98 Å². The van der Waals surface area contributed by atoms with Crippen LogP contribution in [0.1, 0.15) is 19.5 Å². The van der Waals surface area contributed by atoms with Crippen LogP contribution in [0.4, 0.5) is 0 Å². The molecule has 0 spiro atoms. The standard InChI is InChI=1S/C10H11N/c1-9(2)6-7-10-5-3-4-8-11-10/h3-5,8-9H,1-2H3. The van der Waals surface area contributed by atoms with E-state index < -0.39 is 0 Å². The number of nitrogens with zero attached hydrogens (tertiary/aromatic N) is 1. The fraction of sp³-hybridized carbons (Fsp3) is 0.300. The fourth-order valence-electron chi connectivity index (χ4n) is 0.655. The van der Waals surface area contributed by atoms with Gasteiger partial charge in [0.1, 0.15) is 5.69 Å². The Balaban J connectivity index is 2.75. The molecule has 0 bridgehead atoms. The zero-order valence-corrected chi connectivity index (χ0v) is 6.83. The summed E-state index contributed by atoms with van der Waals surface area (Å²) in [5.41, 5.74) is 0.848. The smallest absolute Gasteiger partial charge is 0.113 e. The quantitative estimate of drug-likeness (QED) is 0.509. The normalized spacial score (nSPS) is 9.00. The molecule has 1 rings (SSSR count). The molecule has 1 heteroatoms. The molecule has 1 aromatic heterocycles. The Kier molecular flexibility index (Phi) is 2.68. The maximum atomic E-state index is 4.08. The van der Waals surface area contributed by atoms with E-state index in [0.29, 0.717) is 5.92 Å². The Morgan fingerprint density at radius 3 is 2.73 bits per heavy atom. The first-order chi connectivity index (χ1) is 5.29. The van der Waals surface area contributed by atoms with Crippen molar-refractivity contribution in [3.8, 4) is 11.8 Å². The monoisotopic (exact) mass is 145 g/mol. The highest BCUT2D eigenvalue weighted by molar-refractivity contribution is 5.26. The highest BCUT2D eigenvalue weighted by atomic mass is 14.6. The number of hydrogen-bond acceptors (Lipinski definition) is 1. The lowest BCUT2D eigenvalue weighted by Gasteiger charge is -1.88. The minimum Gasteiger partial charge on any atom is -0.248 e. The topological polar surface area (TPSA) is 12.9 Å². The van der Waals surface area contributed by atoms with E-state index in [-0.39, 0.29) is 0 Å². The largest absolute Gasteiger partial charge is 0.248 e. The van der Waals surface area contributed by atoms with Gasteiger partial charge in [0.05, 0.1) is 0 Å². The van der Waals surface area contributed by atoms with Crippen LogP contribution in [0.2, 0.25) is 0 Å². The minimum atomic E-state index is 0.414. The Morgan fingerprint density at radius 1 is 1.36 bits per heavy atom. The van der Waals surface area contributed by atoms with Crippen LogP contribution >= 0.6 is 0 Å². The summed E-state index contributed by atoms with van der Waals surface area (Å²) in [6, 6.07) is 5.74. The van der Waals surface area contributed by atoms with E-state index in [0.717, 1.165) is 5.69 Å². The Labute approximate surface area is 67.5 Å². The second-order valence-corrected chi connectivity index (χ2v) is 2.64. The molecule has 0 unspecified atom stereocenters. The van der Waals surface area contributed by atoms with Gasteiger partial charge in [-0.2, -0.15) is 0 Å². The molecular weight excluding hydrogens is 134 g/mol. The van der Waals surface area contributed by atoms with E-state index in [4.69, 9.17) is 0 Å². The van der Waals surface area contributed by atoms with Crippen molar-refractivity contribution in [3.63, 3.8) is 0 Å². The van der Waals surface area contributed by atoms with Gasteiger partial charge < -0.3 is 0 Å². The van der Waals surface area contributed by atoms with Gasteiger partial charge in [-0.15, -0.1) is 0 Å². The molecule has 1 heterocycles. The van der Waals surface area contributed by atoms with Crippen LogP contribution < -0.4 is 0 Å². The van der Waals surface area contributed by atoms with Gasteiger partial charge >= 0.3 is 0 Å². The Hall–Kier alpha value is -1.29. The van der Waals surface area contributed by atoms with Crippen LogP contribution in [0, 0.1) is 17.8 Å². The van der Waals surface area contributed by atoms with Gasteiger partial charge in [-0.25, -0.2) is 4.98 Å². The predicted octanol–water partition coefficient (Wildman–Crippen LogP) is 2.09. The molecule has 0 aromatic carbocycles. The summed E-state index contributed by atoms with van der Waals surface area (Å²) in [4.78, 5) is 4.08. The lowest BCUT2D eigenvalue weighted by Crippen LogP contribution is -1.81. The fourth-order valence-corrected chi connectivity index (χ4v) is 0.655. The van der Waals surface area contributed by atoms with E-state index in [9.17, 15) is 0 Å². The van der Waals surface area contributed by atoms with Crippen LogP contribution in [-0.2, 0) is 0 Å². The number of hydrogen-bond donors (Lipinski definition) is 0. The van der Waals surface area contributed by atoms with Crippen LogP contribution in [0.3, 0.4) is 0 Å². The molecule has 0 radical (unpaired) electrons. The van der Waals surface area contributed by atoms with Crippen LogP contribution in [0.15, 0.2) is 24.4 Å². The molecule has 0 amide bonds. The van der Waals surface area contributed by atoms with E-state index in [2.05, 4.69) is 30.7 Å². The second-order valence-electron chi connectivity index (χ2n) is 2.64. The second kappa shape index (κ2) is 3.78. The average molecular weight is 145 g/mol. The van der Waals surface area contributed by atoms with Crippen molar-refractivity contribution < 1.29 is 0 Å². The van der Waals surface area contributed by atoms with E-state index in [1.165, 1.54) is 0 Å². The van der Waals surface area contributed by atoms with E-state index >= 15 is 0 Å². The van der Waals surface area contributed by atoms with Crippen molar-refractivity contribution >= 4 is 0 Å². The molecule has 1 nitrogen and oxygen atoms in total. The SMILES string of the molecule is CC(C)C#Cc1ccccn1. The van der Waals surface area contributed by atoms with Crippen molar-refractivity contribution in [2.75, 3.05) is 0 Å². The highest BCUT2D eigenvalue weighted by Gasteiger charge is 1.84. The van der Waals surface area contributed by atoms with Crippen LogP contribution in [0.5, 0.6) is 0 Å². The number of rotatable bonds is 0. The minimum absolute atomic E-state index is 0.414. The summed E-state index contributed by atoms with van der Waals surface area (Å²) in [6.07, 6.45) is 1.75. The predicted molar refractivity (Wildman–Crippen MR) is 46.0 cm³/mol. The van der Waals surface area contributed by atoms with Crippen molar-refractivity contribution in [2.45, 2.75) is 13.8 Å². The summed E-state index contributed by atoms with van der Waals surface area (Å²) < 4.78 is 0. The van der Waals surface area contributed by atoms with Crippen molar-refractivity contribution in [3.05, 3.63) is 30.1 Å². The van der Waals surface area contributed by atoms with Crippen molar-refractivity contribution in [2.24, 2.45) is 5.92 Å². The third-order valence-electron chi connectivity index (χ3n) is 1.15. The van der Waals surface area contributed by atoms with Gasteiger partial charge in [0.15, 0.2) is 0 Å². The first-order valence-electron chi connectivity index (χ1n) is 3.71. The van der Waals surface area contributed by atoms with Crippen LogP contribution in [0.25, 0.3) is 0 Å². The van der Waals surface area contributed by atoms with Gasteiger partial charge in [0.25, 0.3) is 0 Å². The Morgan fingerprint density at radius 2 is 2.18 bits per heavy atom. The summed E-state index contributed by atoms with van der Waals surface area (Å²) in [6.45, 7) is 4.13. The maximum absolute atomic E-state index is 4.08. The molecule has 0 aliphatic carbocycles. The summed E-state index contributed by atoms with van der Waals surface area (Å²) >= 11 is 0. The molecule has 11 heavy (non-hydrogen) atoms. The van der Waals surface area contributed by atoms with Crippen LogP contribution in [-0.4, -0.2) is 4.98 Å². The molecular formula is C10H11N. The molecule has 0 fully saturated rings. The molecule has 0 saturated carbocycles. The molecule has 1 aromatic rings. The van der Waals surface area contributed by atoms with Gasteiger partial charge in [-0.3, -0.25) is 0 Å². The first-order valence-corrected chi connectivity index (χ1v) is 3.71. The third kappa shape index (κ3) is 2.86. The zero-order chi connectivity index (χ0) is 8.10. The van der Waals surface area contributed by atoms with Gasteiger partial charge in [-0.1, -0.05) is 25.8 Å². The number of aromatic nitrogens is 1. The van der Waals surface area contributed by atoms with Gasteiger partial charge in [0, 0.05) is 12.1 Å². The van der Waals surface area contributed by atoms with E-state index in [1.54, 1.807) is 6.20 Å². The molecule has 0 aliphatic rings. The average Bonchev–Trinajstić information content (AvgIpc) is 2.03. The van der Waals surface area contributed by atoms with Gasteiger partial charge in [-0.05, 0) is 18.1 Å². The molecule has 0 aliphatic heterocycles. The summed E-state index contributed by atoms with van der Waals surface area (Å²) in [5, 5.41) is 0. The molecule has 56 valence electrons. The zero-order valence-electron chi connectivity index (χ0n) is 6.83. The first kappa shape index (κ1) is 7.81.